The van der Waals surface area contributed by atoms with Crippen LogP contribution in [0.2, 0.25) is 0 Å². The summed E-state index contributed by atoms with van der Waals surface area (Å²) in [6.07, 6.45) is 1.73. The maximum atomic E-state index is 8.72. The van der Waals surface area contributed by atoms with Gasteiger partial charge in [-0.15, -0.1) is 0 Å². The highest BCUT2D eigenvalue weighted by molar-refractivity contribution is 5.87. The molecule has 2 nitrogen and oxygen atoms in total. The summed E-state index contributed by atoms with van der Waals surface area (Å²) in [4.78, 5) is 4.09. The van der Waals surface area contributed by atoms with E-state index in [1.807, 2.05) is 30.3 Å². The third-order valence-electron chi connectivity index (χ3n) is 2.90. The largest absolute Gasteiger partial charge is 0.245 e. The van der Waals surface area contributed by atoms with Crippen LogP contribution < -0.4 is 0 Å². The van der Waals surface area contributed by atoms with Crippen molar-refractivity contribution in [3.63, 3.8) is 0 Å². The Morgan fingerprint density at radius 2 is 1.89 bits per heavy atom. The van der Waals surface area contributed by atoms with Crippen LogP contribution in [0.15, 0.2) is 54.7 Å². The van der Waals surface area contributed by atoms with Crippen molar-refractivity contribution < 1.29 is 0 Å². The van der Waals surface area contributed by atoms with E-state index < -0.39 is 0 Å². The lowest BCUT2D eigenvalue weighted by atomic mass is 10.0. The van der Waals surface area contributed by atoms with Crippen LogP contribution >= 0.6 is 0 Å². The maximum absolute atomic E-state index is 8.72. The Kier molecular flexibility index (Phi) is 2.51. The Morgan fingerprint density at radius 1 is 1.00 bits per heavy atom. The van der Waals surface area contributed by atoms with Crippen LogP contribution in [0.5, 0.6) is 0 Å². The van der Waals surface area contributed by atoms with Crippen LogP contribution in [0.1, 0.15) is 5.69 Å². The second-order valence-corrected chi connectivity index (χ2v) is 4.03. The van der Waals surface area contributed by atoms with Crippen LogP contribution in [0, 0.1) is 17.4 Å². The van der Waals surface area contributed by atoms with Gasteiger partial charge in [-0.25, -0.2) is 4.98 Å². The predicted molar refractivity (Wildman–Crippen MR) is 70.7 cm³/mol. The third-order valence-corrected chi connectivity index (χ3v) is 2.90. The van der Waals surface area contributed by atoms with Gasteiger partial charge in [0.05, 0.1) is 0 Å². The first kappa shape index (κ1) is 10.5. The highest BCUT2D eigenvalue weighted by Crippen LogP contribution is 2.23. The Hall–Kier alpha value is -2.66. The highest BCUT2D eigenvalue weighted by atomic mass is 14.7. The van der Waals surface area contributed by atoms with Crippen molar-refractivity contribution in [2.75, 3.05) is 0 Å². The van der Waals surface area contributed by atoms with Gasteiger partial charge in [0.15, 0.2) is 0 Å². The topological polar surface area (TPSA) is 36.7 Å². The number of fused-ring (bicyclic) bond motifs is 1. The SMILES string of the molecule is N#Cc1ccc(-c2ccc3c[c]ccc3c2)cn1. The molecule has 1 radical (unpaired) electrons. The number of benzene rings is 2. The normalized spacial score (nSPS) is 10.2. The number of hydrogen-bond donors (Lipinski definition) is 0. The molecule has 3 rings (SSSR count). The van der Waals surface area contributed by atoms with E-state index in [1.165, 1.54) is 10.8 Å². The lowest BCUT2D eigenvalue weighted by Gasteiger charge is -2.03. The highest BCUT2D eigenvalue weighted by Gasteiger charge is 2.00. The molecule has 0 bridgehead atoms. The quantitative estimate of drug-likeness (QED) is 0.639. The van der Waals surface area contributed by atoms with Crippen molar-refractivity contribution >= 4 is 10.8 Å². The van der Waals surface area contributed by atoms with Crippen molar-refractivity contribution in [2.45, 2.75) is 0 Å². The van der Waals surface area contributed by atoms with E-state index in [2.05, 4.69) is 29.2 Å². The Morgan fingerprint density at radius 3 is 2.67 bits per heavy atom. The van der Waals surface area contributed by atoms with Gasteiger partial charge < -0.3 is 0 Å². The molecule has 1 aromatic heterocycles. The monoisotopic (exact) mass is 229 g/mol. The van der Waals surface area contributed by atoms with Crippen LogP contribution in [0.4, 0.5) is 0 Å². The molecule has 1 heterocycles. The molecular weight excluding hydrogens is 220 g/mol. The Bertz CT molecular complexity index is 737. The van der Waals surface area contributed by atoms with Gasteiger partial charge in [0, 0.05) is 11.8 Å². The summed E-state index contributed by atoms with van der Waals surface area (Å²) < 4.78 is 0. The molecular formula is C16H9N2. The number of hydrogen-bond acceptors (Lipinski definition) is 2. The zero-order chi connectivity index (χ0) is 12.4. The molecule has 0 aliphatic carbocycles. The summed E-state index contributed by atoms with van der Waals surface area (Å²) in [5.74, 6) is 0. The molecule has 0 fully saturated rings. The average Bonchev–Trinajstić information content (AvgIpc) is 2.47. The van der Waals surface area contributed by atoms with Crippen LogP contribution in [-0.2, 0) is 0 Å². The van der Waals surface area contributed by atoms with E-state index >= 15 is 0 Å². The number of nitrogens with zero attached hydrogens (tertiary/aromatic N) is 2. The second kappa shape index (κ2) is 4.31. The summed E-state index contributed by atoms with van der Waals surface area (Å²) >= 11 is 0. The molecule has 18 heavy (non-hydrogen) atoms. The number of pyridine rings is 1. The van der Waals surface area contributed by atoms with E-state index in [9.17, 15) is 0 Å². The fourth-order valence-corrected chi connectivity index (χ4v) is 1.94. The summed E-state index contributed by atoms with van der Waals surface area (Å²) in [6.45, 7) is 0. The minimum Gasteiger partial charge on any atom is -0.245 e. The third kappa shape index (κ3) is 1.83. The van der Waals surface area contributed by atoms with Crippen molar-refractivity contribution in [1.82, 2.24) is 4.98 Å². The molecule has 0 N–H and O–H groups in total. The molecule has 0 aliphatic heterocycles. The fourth-order valence-electron chi connectivity index (χ4n) is 1.94. The Balaban J connectivity index is 2.10. The van der Waals surface area contributed by atoms with E-state index in [0.717, 1.165) is 11.1 Å². The van der Waals surface area contributed by atoms with Crippen LogP contribution in [0.25, 0.3) is 21.9 Å². The van der Waals surface area contributed by atoms with Crippen molar-refractivity contribution in [2.24, 2.45) is 0 Å². The first-order valence-electron chi connectivity index (χ1n) is 5.63. The van der Waals surface area contributed by atoms with Gasteiger partial charge in [0.2, 0.25) is 0 Å². The van der Waals surface area contributed by atoms with Gasteiger partial charge in [-0.05, 0) is 46.7 Å². The average molecular weight is 229 g/mol. The fraction of sp³-hybridized carbons (Fsp3) is 0. The summed E-state index contributed by atoms with van der Waals surface area (Å²) in [5, 5.41) is 11.1. The van der Waals surface area contributed by atoms with Gasteiger partial charge in [-0.3, -0.25) is 0 Å². The minimum absolute atomic E-state index is 0.439. The first-order chi connectivity index (χ1) is 8.86. The van der Waals surface area contributed by atoms with Gasteiger partial charge in [0.1, 0.15) is 11.8 Å². The van der Waals surface area contributed by atoms with Crippen molar-refractivity contribution in [3.05, 3.63) is 66.5 Å². The zero-order valence-electron chi connectivity index (χ0n) is 9.59. The molecule has 83 valence electrons. The molecule has 0 spiro atoms. The van der Waals surface area contributed by atoms with Crippen LogP contribution in [0.3, 0.4) is 0 Å². The molecule has 0 amide bonds. The summed E-state index contributed by atoms with van der Waals surface area (Å²) in [7, 11) is 0. The standard InChI is InChI=1S/C16H9N2/c17-10-16-8-7-15(11-18-16)14-6-5-12-3-1-2-4-13(12)9-14/h2-9,11H. The molecule has 3 aromatic rings. The van der Waals surface area contributed by atoms with Gasteiger partial charge in [-0.1, -0.05) is 24.3 Å². The summed E-state index contributed by atoms with van der Waals surface area (Å²) in [5.41, 5.74) is 2.56. The van der Waals surface area contributed by atoms with Crippen molar-refractivity contribution in [3.8, 4) is 17.2 Å². The van der Waals surface area contributed by atoms with E-state index in [-0.39, 0.29) is 0 Å². The van der Waals surface area contributed by atoms with Crippen molar-refractivity contribution in [1.29, 1.82) is 5.26 Å². The smallest absolute Gasteiger partial charge is 0.140 e. The molecule has 0 unspecified atom stereocenters. The predicted octanol–water partition coefficient (Wildman–Crippen LogP) is 3.57. The number of aromatic nitrogens is 1. The van der Waals surface area contributed by atoms with Crippen LogP contribution in [-0.4, -0.2) is 4.98 Å². The lowest BCUT2D eigenvalue weighted by Crippen LogP contribution is -1.84. The number of nitriles is 1. The maximum Gasteiger partial charge on any atom is 0.140 e. The van der Waals surface area contributed by atoms with E-state index in [4.69, 9.17) is 5.26 Å². The first-order valence-corrected chi connectivity index (χ1v) is 5.63. The molecule has 0 aliphatic rings. The summed E-state index contributed by atoms with van der Waals surface area (Å²) in [6, 6.07) is 20.9. The van der Waals surface area contributed by atoms with Gasteiger partial charge >= 0.3 is 0 Å². The zero-order valence-corrected chi connectivity index (χ0v) is 9.59. The number of rotatable bonds is 1. The van der Waals surface area contributed by atoms with Gasteiger partial charge in [-0.2, -0.15) is 5.26 Å². The second-order valence-electron chi connectivity index (χ2n) is 4.03. The van der Waals surface area contributed by atoms with E-state index in [1.54, 1.807) is 12.3 Å². The minimum atomic E-state index is 0.439. The molecule has 2 aromatic carbocycles. The lowest BCUT2D eigenvalue weighted by molar-refractivity contribution is 1.27. The molecule has 2 heteroatoms. The molecule has 0 atom stereocenters. The van der Waals surface area contributed by atoms with Gasteiger partial charge in [0.25, 0.3) is 0 Å². The Labute approximate surface area is 105 Å². The molecule has 0 saturated heterocycles. The molecule has 0 saturated carbocycles. The van der Waals surface area contributed by atoms with E-state index in [0.29, 0.717) is 5.69 Å².